The molecule has 0 fully saturated rings. The van der Waals surface area contributed by atoms with Gasteiger partial charge in [0, 0.05) is 16.2 Å². The van der Waals surface area contributed by atoms with Gasteiger partial charge >= 0.3 is 0 Å². The minimum absolute atomic E-state index is 0.0324. The molecule has 0 bridgehead atoms. The van der Waals surface area contributed by atoms with Crippen LogP contribution >= 0.6 is 0 Å². The number of fused-ring (bicyclic) bond motifs is 3. The van der Waals surface area contributed by atoms with E-state index in [0.717, 1.165) is 5.39 Å². The quantitative estimate of drug-likeness (QED) is 0.468. The van der Waals surface area contributed by atoms with E-state index >= 15 is 0 Å². The molecule has 0 radical (unpaired) electrons. The Bertz CT molecular complexity index is 837. The summed E-state index contributed by atoms with van der Waals surface area (Å²) in [5.74, 6) is 0.438. The third kappa shape index (κ3) is 1.54. The van der Waals surface area contributed by atoms with E-state index in [9.17, 15) is 15.3 Å². The molecule has 0 aliphatic carbocycles. The lowest BCUT2D eigenvalue weighted by Gasteiger charge is -2.14. The molecule has 0 saturated heterocycles. The number of hydrogen-bond acceptors (Lipinski definition) is 4. The molecular weight excluding hydrogens is 256 g/mol. The summed E-state index contributed by atoms with van der Waals surface area (Å²) in [5.41, 5.74) is 0.688. The van der Waals surface area contributed by atoms with Crippen molar-refractivity contribution in [2.24, 2.45) is 0 Å². The van der Waals surface area contributed by atoms with Crippen molar-refractivity contribution in [3.63, 3.8) is 0 Å². The first-order valence-electron chi connectivity index (χ1n) is 6.18. The summed E-state index contributed by atoms with van der Waals surface area (Å²) in [4.78, 5) is 0. The second-order valence-corrected chi connectivity index (χ2v) is 4.77. The number of aryl methyl sites for hydroxylation is 1. The number of benzene rings is 3. The maximum atomic E-state index is 10.1. The Balaban J connectivity index is 2.66. The number of ether oxygens (including phenoxy) is 1. The fourth-order valence-electron chi connectivity index (χ4n) is 2.59. The smallest absolute Gasteiger partial charge is 0.169 e. The molecule has 0 atom stereocenters. The van der Waals surface area contributed by atoms with Crippen molar-refractivity contribution in [2.45, 2.75) is 6.92 Å². The van der Waals surface area contributed by atoms with Gasteiger partial charge in [0.2, 0.25) is 0 Å². The first-order chi connectivity index (χ1) is 9.54. The monoisotopic (exact) mass is 270 g/mol. The SMILES string of the molecule is COc1c(O)c(C)cc2ccc3c(O)ccc(O)c3c12. The predicted molar refractivity (Wildman–Crippen MR) is 77.7 cm³/mol. The van der Waals surface area contributed by atoms with Gasteiger partial charge in [-0.05, 0) is 42.1 Å². The van der Waals surface area contributed by atoms with Gasteiger partial charge in [0.25, 0.3) is 0 Å². The van der Waals surface area contributed by atoms with E-state index in [-0.39, 0.29) is 17.2 Å². The molecule has 3 aromatic carbocycles. The molecule has 0 aliphatic rings. The topological polar surface area (TPSA) is 69.9 Å². The average Bonchev–Trinajstić information content (AvgIpc) is 2.44. The summed E-state index contributed by atoms with van der Waals surface area (Å²) in [5, 5.41) is 32.6. The highest BCUT2D eigenvalue weighted by Crippen LogP contribution is 2.45. The molecule has 0 amide bonds. The van der Waals surface area contributed by atoms with Gasteiger partial charge in [-0.2, -0.15) is 0 Å². The highest BCUT2D eigenvalue weighted by Gasteiger charge is 2.17. The Morgan fingerprint density at radius 1 is 0.900 bits per heavy atom. The van der Waals surface area contributed by atoms with Gasteiger partial charge in [-0.25, -0.2) is 0 Å². The van der Waals surface area contributed by atoms with Crippen molar-refractivity contribution >= 4 is 21.5 Å². The van der Waals surface area contributed by atoms with Crippen molar-refractivity contribution in [2.75, 3.05) is 7.11 Å². The van der Waals surface area contributed by atoms with Gasteiger partial charge in [-0.15, -0.1) is 0 Å². The Morgan fingerprint density at radius 3 is 2.30 bits per heavy atom. The van der Waals surface area contributed by atoms with Crippen molar-refractivity contribution in [3.8, 4) is 23.0 Å². The summed E-state index contributed by atoms with van der Waals surface area (Å²) < 4.78 is 5.30. The molecule has 4 heteroatoms. The first-order valence-corrected chi connectivity index (χ1v) is 6.18. The minimum Gasteiger partial charge on any atom is -0.507 e. The first kappa shape index (κ1) is 12.4. The molecule has 102 valence electrons. The maximum Gasteiger partial charge on any atom is 0.169 e. The number of methoxy groups -OCH3 is 1. The van der Waals surface area contributed by atoms with Crippen molar-refractivity contribution in [1.29, 1.82) is 0 Å². The summed E-state index contributed by atoms with van der Waals surface area (Å²) in [6.45, 7) is 1.78. The molecule has 3 rings (SSSR count). The third-order valence-corrected chi connectivity index (χ3v) is 3.56. The average molecular weight is 270 g/mol. The van der Waals surface area contributed by atoms with Crippen molar-refractivity contribution in [1.82, 2.24) is 0 Å². The largest absolute Gasteiger partial charge is 0.507 e. The molecule has 0 heterocycles. The van der Waals surface area contributed by atoms with Crippen molar-refractivity contribution < 1.29 is 20.1 Å². The van der Waals surface area contributed by atoms with Crippen LogP contribution in [-0.2, 0) is 0 Å². The van der Waals surface area contributed by atoms with Crippen LogP contribution in [0.4, 0.5) is 0 Å². The number of hydrogen-bond donors (Lipinski definition) is 3. The van der Waals surface area contributed by atoms with E-state index < -0.39 is 0 Å². The fourth-order valence-corrected chi connectivity index (χ4v) is 2.59. The summed E-state index contributed by atoms with van der Waals surface area (Å²) in [6, 6.07) is 8.24. The molecule has 0 aromatic heterocycles. The Labute approximate surface area is 115 Å². The van der Waals surface area contributed by atoms with E-state index in [4.69, 9.17) is 4.74 Å². The zero-order valence-corrected chi connectivity index (χ0v) is 11.1. The molecule has 0 saturated carbocycles. The zero-order valence-electron chi connectivity index (χ0n) is 11.1. The lowest BCUT2D eigenvalue weighted by atomic mass is 9.97. The molecule has 0 spiro atoms. The summed E-state index contributed by atoms with van der Waals surface area (Å²) in [6.07, 6.45) is 0. The standard InChI is InChI=1S/C16H14O4/c1-8-7-9-3-4-10-11(17)5-6-12(18)14(10)13(9)16(20-2)15(8)19/h3-7,17-19H,1-2H3. The van der Waals surface area contributed by atoms with Crippen LogP contribution < -0.4 is 4.74 Å². The van der Waals surface area contributed by atoms with E-state index in [0.29, 0.717) is 27.5 Å². The lowest BCUT2D eigenvalue weighted by Crippen LogP contribution is -1.90. The number of aromatic hydroxyl groups is 3. The number of rotatable bonds is 1. The predicted octanol–water partition coefficient (Wildman–Crippen LogP) is 3.43. The number of phenols is 3. The molecule has 20 heavy (non-hydrogen) atoms. The van der Waals surface area contributed by atoms with E-state index in [2.05, 4.69) is 0 Å². The molecular formula is C16H14O4. The number of phenolic OH excluding ortho intramolecular Hbond substituents is 3. The minimum atomic E-state index is 0.0324. The molecule has 3 N–H and O–H groups in total. The van der Waals surface area contributed by atoms with E-state index in [1.165, 1.54) is 19.2 Å². The lowest BCUT2D eigenvalue weighted by molar-refractivity contribution is 0.376. The summed E-state index contributed by atoms with van der Waals surface area (Å²) in [7, 11) is 1.46. The van der Waals surface area contributed by atoms with Crippen LogP contribution in [0.5, 0.6) is 23.0 Å². The van der Waals surface area contributed by atoms with Gasteiger partial charge in [-0.3, -0.25) is 0 Å². The van der Waals surface area contributed by atoms with Crippen LogP contribution in [0.3, 0.4) is 0 Å². The Morgan fingerprint density at radius 2 is 1.60 bits per heavy atom. The Kier molecular flexibility index (Phi) is 2.61. The van der Waals surface area contributed by atoms with Crippen LogP contribution in [0.25, 0.3) is 21.5 Å². The van der Waals surface area contributed by atoms with Gasteiger partial charge in [0.1, 0.15) is 11.5 Å². The maximum absolute atomic E-state index is 10.1. The molecule has 4 nitrogen and oxygen atoms in total. The molecule has 0 aliphatic heterocycles. The van der Waals surface area contributed by atoms with Crippen LogP contribution in [0, 0.1) is 6.92 Å². The normalized spacial score (nSPS) is 11.1. The second-order valence-electron chi connectivity index (χ2n) is 4.77. The van der Waals surface area contributed by atoms with Crippen molar-refractivity contribution in [3.05, 3.63) is 35.9 Å². The van der Waals surface area contributed by atoms with Gasteiger partial charge < -0.3 is 20.1 Å². The van der Waals surface area contributed by atoms with Crippen LogP contribution in [0.15, 0.2) is 30.3 Å². The van der Waals surface area contributed by atoms with Gasteiger partial charge in [0.15, 0.2) is 11.5 Å². The summed E-state index contributed by atoms with van der Waals surface area (Å²) >= 11 is 0. The van der Waals surface area contributed by atoms with E-state index in [1.54, 1.807) is 13.0 Å². The fraction of sp³-hybridized carbons (Fsp3) is 0.125. The molecule has 3 aromatic rings. The van der Waals surface area contributed by atoms with Crippen LogP contribution in [0.2, 0.25) is 0 Å². The highest BCUT2D eigenvalue weighted by molar-refractivity contribution is 6.15. The van der Waals surface area contributed by atoms with Crippen LogP contribution in [0.1, 0.15) is 5.56 Å². The van der Waals surface area contributed by atoms with Gasteiger partial charge in [0.05, 0.1) is 7.11 Å². The Hall–Kier alpha value is -2.62. The van der Waals surface area contributed by atoms with Crippen LogP contribution in [-0.4, -0.2) is 22.4 Å². The molecule has 0 unspecified atom stereocenters. The van der Waals surface area contributed by atoms with E-state index in [1.807, 2.05) is 12.1 Å². The zero-order chi connectivity index (χ0) is 14.4. The highest BCUT2D eigenvalue weighted by atomic mass is 16.5. The van der Waals surface area contributed by atoms with Gasteiger partial charge in [-0.1, -0.05) is 6.07 Å². The second kappa shape index (κ2) is 4.20. The third-order valence-electron chi connectivity index (χ3n) is 3.56.